The fourth-order valence-electron chi connectivity index (χ4n) is 2.26. The Hall–Kier alpha value is -3.22. The van der Waals surface area contributed by atoms with Gasteiger partial charge in [-0.3, -0.25) is 4.79 Å². The van der Waals surface area contributed by atoms with Crippen molar-refractivity contribution in [3.63, 3.8) is 0 Å². The number of nitrogens with one attached hydrogen (secondary N) is 2. The molecular weight excluding hydrogens is 311 g/mol. The number of carbonyl (C=O) groups is 1. The molecule has 0 aliphatic rings. The molecule has 0 atom stereocenters. The molecular formula is C17H15FN4O2. The predicted octanol–water partition coefficient (Wildman–Crippen LogP) is 2.32. The van der Waals surface area contributed by atoms with Gasteiger partial charge in [0, 0.05) is 24.0 Å². The molecule has 122 valence electrons. The molecule has 3 rings (SSSR count). The van der Waals surface area contributed by atoms with Crippen molar-refractivity contribution in [2.24, 2.45) is 0 Å². The van der Waals surface area contributed by atoms with Crippen molar-refractivity contribution < 1.29 is 14.3 Å². The number of nitrogens with zero attached hydrogens (tertiary/aromatic N) is 2. The Morgan fingerprint density at radius 2 is 1.88 bits per heavy atom. The molecule has 3 N–H and O–H groups in total. The molecule has 2 aromatic carbocycles. The number of hydrogen-bond donors (Lipinski definition) is 3. The van der Waals surface area contributed by atoms with Crippen LogP contribution in [0.1, 0.15) is 10.4 Å². The summed E-state index contributed by atoms with van der Waals surface area (Å²) in [6.07, 6.45) is 1.29. The Morgan fingerprint density at radius 3 is 2.67 bits per heavy atom. The van der Waals surface area contributed by atoms with E-state index in [1.54, 1.807) is 24.3 Å². The van der Waals surface area contributed by atoms with Gasteiger partial charge in [-0.15, -0.1) is 0 Å². The molecule has 0 radical (unpaired) electrons. The van der Waals surface area contributed by atoms with Gasteiger partial charge in [0.05, 0.1) is 0 Å². The van der Waals surface area contributed by atoms with Crippen LogP contribution in [0.4, 0.5) is 10.2 Å². The highest BCUT2D eigenvalue weighted by Gasteiger charge is 2.07. The van der Waals surface area contributed by atoms with Gasteiger partial charge in [-0.25, -0.2) is 14.4 Å². The minimum absolute atomic E-state index is 0.107. The molecule has 1 aromatic heterocycles. The first-order valence-electron chi connectivity index (χ1n) is 7.35. The summed E-state index contributed by atoms with van der Waals surface area (Å²) >= 11 is 0. The fourth-order valence-corrected chi connectivity index (χ4v) is 2.26. The molecule has 0 unspecified atom stereocenters. The van der Waals surface area contributed by atoms with Crippen LogP contribution < -0.4 is 10.6 Å². The lowest BCUT2D eigenvalue weighted by molar-refractivity contribution is 0.0955. The van der Waals surface area contributed by atoms with Crippen molar-refractivity contribution in [1.82, 2.24) is 15.3 Å². The second kappa shape index (κ2) is 6.91. The Morgan fingerprint density at radius 1 is 1.08 bits per heavy atom. The number of anilines is 1. The number of hydrogen-bond acceptors (Lipinski definition) is 5. The number of phenols is 1. The molecule has 0 fully saturated rings. The van der Waals surface area contributed by atoms with E-state index < -0.39 is 5.82 Å². The number of benzene rings is 2. The number of carbonyl (C=O) groups excluding carboxylic acids is 1. The molecule has 0 aliphatic heterocycles. The summed E-state index contributed by atoms with van der Waals surface area (Å²) in [7, 11) is 0. The molecule has 0 aliphatic carbocycles. The number of aromatic hydroxyl groups is 1. The lowest BCUT2D eigenvalue weighted by Gasteiger charge is -2.09. The monoisotopic (exact) mass is 326 g/mol. The maximum Gasteiger partial charge on any atom is 0.251 e. The van der Waals surface area contributed by atoms with Gasteiger partial charge in [0.25, 0.3) is 5.91 Å². The molecule has 0 saturated heterocycles. The maximum atomic E-state index is 13.7. The zero-order valence-corrected chi connectivity index (χ0v) is 12.7. The van der Waals surface area contributed by atoms with Crippen LogP contribution in [-0.2, 0) is 0 Å². The summed E-state index contributed by atoms with van der Waals surface area (Å²) in [5, 5.41) is 15.6. The summed E-state index contributed by atoms with van der Waals surface area (Å²) in [5.74, 6) is -0.0246. The Kier molecular flexibility index (Phi) is 4.51. The second-order valence-corrected chi connectivity index (χ2v) is 5.09. The largest absolute Gasteiger partial charge is 0.508 e. The maximum absolute atomic E-state index is 13.7. The first-order chi connectivity index (χ1) is 11.6. The van der Waals surface area contributed by atoms with Gasteiger partial charge in [0.15, 0.2) is 0 Å². The average molecular weight is 326 g/mol. The van der Waals surface area contributed by atoms with E-state index in [4.69, 9.17) is 0 Å². The van der Waals surface area contributed by atoms with Crippen LogP contribution in [0.5, 0.6) is 5.75 Å². The molecule has 0 spiro atoms. The molecule has 0 bridgehead atoms. The molecule has 6 nitrogen and oxygen atoms in total. The van der Waals surface area contributed by atoms with Crippen molar-refractivity contribution in [2.45, 2.75) is 0 Å². The van der Waals surface area contributed by atoms with Crippen molar-refractivity contribution >= 4 is 22.6 Å². The topological polar surface area (TPSA) is 87.1 Å². The molecule has 1 heterocycles. The highest BCUT2D eigenvalue weighted by molar-refractivity contribution is 5.94. The van der Waals surface area contributed by atoms with E-state index in [-0.39, 0.29) is 17.2 Å². The van der Waals surface area contributed by atoms with Crippen LogP contribution in [0.3, 0.4) is 0 Å². The van der Waals surface area contributed by atoms with Gasteiger partial charge in [-0.1, -0.05) is 6.07 Å². The molecule has 1 amide bonds. The van der Waals surface area contributed by atoms with E-state index in [1.165, 1.54) is 24.5 Å². The Bertz CT molecular complexity index is 868. The van der Waals surface area contributed by atoms with Crippen LogP contribution in [0.2, 0.25) is 0 Å². The van der Waals surface area contributed by atoms with E-state index in [2.05, 4.69) is 20.6 Å². The highest BCUT2D eigenvalue weighted by Crippen LogP contribution is 2.20. The second-order valence-electron chi connectivity index (χ2n) is 5.09. The quantitative estimate of drug-likeness (QED) is 0.626. The minimum atomic E-state index is -0.404. The third-order valence-corrected chi connectivity index (χ3v) is 3.45. The van der Waals surface area contributed by atoms with Crippen molar-refractivity contribution in [2.75, 3.05) is 18.4 Å². The standard InChI is InChI=1S/C17H15FN4O2/c18-14-3-1-2-13-15(14)21-10-22-16(13)19-8-9-20-17(24)11-4-6-12(23)7-5-11/h1-7,10,23H,8-9H2,(H,20,24)(H,19,21,22). The SMILES string of the molecule is O=C(NCCNc1ncnc2c(F)cccc12)c1ccc(O)cc1. The van der Waals surface area contributed by atoms with Crippen molar-refractivity contribution in [1.29, 1.82) is 0 Å². The predicted molar refractivity (Wildman–Crippen MR) is 88.4 cm³/mol. The van der Waals surface area contributed by atoms with E-state index in [1.807, 2.05) is 0 Å². The number of amides is 1. The van der Waals surface area contributed by atoms with E-state index >= 15 is 0 Å². The van der Waals surface area contributed by atoms with Gasteiger partial charge < -0.3 is 15.7 Å². The lowest BCUT2D eigenvalue weighted by Crippen LogP contribution is -2.28. The summed E-state index contributed by atoms with van der Waals surface area (Å²) in [4.78, 5) is 20.0. The Labute approximate surface area is 137 Å². The fraction of sp³-hybridized carbons (Fsp3) is 0.118. The zero-order chi connectivity index (χ0) is 16.9. The number of para-hydroxylation sites is 1. The first-order valence-corrected chi connectivity index (χ1v) is 7.35. The van der Waals surface area contributed by atoms with Crippen LogP contribution in [0, 0.1) is 5.82 Å². The van der Waals surface area contributed by atoms with Crippen LogP contribution in [-0.4, -0.2) is 34.1 Å². The molecule has 3 aromatic rings. The average Bonchev–Trinajstić information content (AvgIpc) is 2.60. The van der Waals surface area contributed by atoms with E-state index in [0.717, 1.165) is 0 Å². The normalized spacial score (nSPS) is 10.5. The third-order valence-electron chi connectivity index (χ3n) is 3.45. The summed E-state index contributed by atoms with van der Waals surface area (Å²) < 4.78 is 13.7. The van der Waals surface area contributed by atoms with Gasteiger partial charge in [-0.2, -0.15) is 0 Å². The smallest absolute Gasteiger partial charge is 0.251 e. The number of rotatable bonds is 5. The van der Waals surface area contributed by atoms with E-state index in [0.29, 0.717) is 29.9 Å². The van der Waals surface area contributed by atoms with Crippen LogP contribution in [0.15, 0.2) is 48.8 Å². The van der Waals surface area contributed by atoms with Crippen LogP contribution in [0.25, 0.3) is 10.9 Å². The van der Waals surface area contributed by atoms with Crippen molar-refractivity contribution in [3.8, 4) is 5.75 Å². The molecule has 0 saturated carbocycles. The number of phenolic OH excluding ortho intramolecular Hbond substituents is 1. The number of fused-ring (bicyclic) bond motifs is 1. The molecule has 24 heavy (non-hydrogen) atoms. The highest BCUT2D eigenvalue weighted by atomic mass is 19.1. The lowest BCUT2D eigenvalue weighted by atomic mass is 10.2. The molecule has 7 heteroatoms. The van der Waals surface area contributed by atoms with Crippen molar-refractivity contribution in [3.05, 3.63) is 60.2 Å². The number of aromatic nitrogens is 2. The summed E-state index contributed by atoms with van der Waals surface area (Å²) in [6, 6.07) is 10.7. The third kappa shape index (κ3) is 3.40. The summed E-state index contributed by atoms with van der Waals surface area (Å²) in [5.41, 5.74) is 0.713. The summed E-state index contributed by atoms with van der Waals surface area (Å²) in [6.45, 7) is 0.785. The van der Waals surface area contributed by atoms with E-state index in [9.17, 15) is 14.3 Å². The van der Waals surface area contributed by atoms with Gasteiger partial charge in [0.1, 0.15) is 29.2 Å². The van der Waals surface area contributed by atoms with Gasteiger partial charge >= 0.3 is 0 Å². The minimum Gasteiger partial charge on any atom is -0.508 e. The Balaban J connectivity index is 1.58. The first kappa shape index (κ1) is 15.7. The number of halogens is 1. The van der Waals surface area contributed by atoms with Gasteiger partial charge in [0.2, 0.25) is 0 Å². The zero-order valence-electron chi connectivity index (χ0n) is 12.7. The van der Waals surface area contributed by atoms with Gasteiger partial charge in [-0.05, 0) is 36.4 Å². The van der Waals surface area contributed by atoms with Crippen LogP contribution >= 0.6 is 0 Å².